The number of hydrogen-bond acceptors (Lipinski definition) is 2. The van der Waals surface area contributed by atoms with Crippen LogP contribution in [0.5, 0.6) is 5.75 Å². The topological polar surface area (TPSA) is 46.5 Å². The number of ether oxygens (including phenoxy) is 1. The van der Waals surface area contributed by atoms with Crippen molar-refractivity contribution in [2.75, 3.05) is 6.61 Å². The van der Waals surface area contributed by atoms with Gasteiger partial charge in [-0.15, -0.1) is 0 Å². The van der Waals surface area contributed by atoms with Crippen molar-refractivity contribution in [3.8, 4) is 5.75 Å². The van der Waals surface area contributed by atoms with Crippen molar-refractivity contribution in [3.63, 3.8) is 0 Å². The SMILES string of the molecule is CC(C)(CCCOc1cc(F)ccc1Cl)C(=O)O. The van der Waals surface area contributed by atoms with Crippen molar-refractivity contribution in [2.24, 2.45) is 5.41 Å². The second kappa shape index (κ2) is 6.05. The molecule has 0 radical (unpaired) electrons. The van der Waals surface area contributed by atoms with Gasteiger partial charge in [0.15, 0.2) is 0 Å². The Balaban J connectivity index is 2.43. The molecule has 5 heteroatoms. The number of carbonyl (C=O) groups is 1. The summed E-state index contributed by atoms with van der Waals surface area (Å²) in [6.45, 7) is 3.62. The second-order valence-electron chi connectivity index (χ2n) is 4.72. The van der Waals surface area contributed by atoms with Crippen molar-refractivity contribution in [1.29, 1.82) is 0 Å². The molecule has 0 aliphatic heterocycles. The lowest BCUT2D eigenvalue weighted by atomic mass is 9.88. The molecule has 0 heterocycles. The Labute approximate surface area is 111 Å². The molecule has 0 aromatic heterocycles. The van der Waals surface area contributed by atoms with E-state index in [1.807, 2.05) is 0 Å². The Morgan fingerprint density at radius 3 is 2.78 bits per heavy atom. The first kappa shape index (κ1) is 14.8. The van der Waals surface area contributed by atoms with E-state index in [1.54, 1.807) is 13.8 Å². The Kier molecular flexibility index (Phi) is 4.96. The van der Waals surface area contributed by atoms with Crippen molar-refractivity contribution < 1.29 is 19.0 Å². The van der Waals surface area contributed by atoms with Gasteiger partial charge >= 0.3 is 5.97 Å². The van der Waals surface area contributed by atoms with Crippen molar-refractivity contribution in [1.82, 2.24) is 0 Å². The summed E-state index contributed by atoms with van der Waals surface area (Å²) in [7, 11) is 0. The largest absolute Gasteiger partial charge is 0.492 e. The van der Waals surface area contributed by atoms with E-state index in [9.17, 15) is 9.18 Å². The van der Waals surface area contributed by atoms with Gasteiger partial charge in [-0.3, -0.25) is 4.79 Å². The van der Waals surface area contributed by atoms with Crippen LogP contribution >= 0.6 is 11.6 Å². The lowest BCUT2D eigenvalue weighted by molar-refractivity contribution is -0.147. The van der Waals surface area contributed by atoms with Crippen LogP contribution < -0.4 is 4.74 Å². The molecular formula is C13H16ClFO3. The summed E-state index contributed by atoms with van der Waals surface area (Å²) in [5.41, 5.74) is -0.783. The first-order valence-corrected chi connectivity index (χ1v) is 6.02. The van der Waals surface area contributed by atoms with Crippen LogP contribution in [0, 0.1) is 11.2 Å². The maximum atomic E-state index is 12.9. The molecule has 1 rings (SSSR count). The number of halogens is 2. The summed E-state index contributed by atoms with van der Waals surface area (Å²) in [6.07, 6.45) is 1.04. The Bertz CT molecular complexity index is 432. The number of hydrogen-bond donors (Lipinski definition) is 1. The maximum Gasteiger partial charge on any atom is 0.309 e. The quantitative estimate of drug-likeness (QED) is 0.804. The molecule has 0 bridgehead atoms. The van der Waals surface area contributed by atoms with E-state index in [2.05, 4.69) is 0 Å². The van der Waals surface area contributed by atoms with Gasteiger partial charge in [0.1, 0.15) is 11.6 Å². The molecule has 0 saturated carbocycles. The third-order valence-electron chi connectivity index (χ3n) is 2.68. The lowest BCUT2D eigenvalue weighted by Crippen LogP contribution is -2.24. The van der Waals surface area contributed by atoms with Crippen molar-refractivity contribution >= 4 is 17.6 Å². The van der Waals surface area contributed by atoms with Crippen LogP contribution in [0.1, 0.15) is 26.7 Å². The highest BCUT2D eigenvalue weighted by atomic mass is 35.5. The Morgan fingerprint density at radius 2 is 2.17 bits per heavy atom. The molecule has 100 valence electrons. The molecule has 1 N–H and O–H groups in total. The normalized spacial score (nSPS) is 11.3. The minimum atomic E-state index is -0.841. The zero-order valence-electron chi connectivity index (χ0n) is 10.4. The van der Waals surface area contributed by atoms with E-state index in [4.69, 9.17) is 21.4 Å². The predicted octanol–water partition coefficient (Wildman–Crippen LogP) is 3.75. The van der Waals surface area contributed by atoms with Crippen LogP contribution in [0.3, 0.4) is 0 Å². The van der Waals surface area contributed by atoms with Crippen molar-refractivity contribution in [2.45, 2.75) is 26.7 Å². The molecule has 18 heavy (non-hydrogen) atoms. The van der Waals surface area contributed by atoms with Gasteiger partial charge in [0.05, 0.1) is 17.0 Å². The van der Waals surface area contributed by atoms with Crippen LogP contribution in [0.2, 0.25) is 5.02 Å². The zero-order valence-corrected chi connectivity index (χ0v) is 11.1. The minimum absolute atomic E-state index is 0.282. The van der Waals surface area contributed by atoms with Gasteiger partial charge in [-0.2, -0.15) is 0 Å². The van der Waals surface area contributed by atoms with Crippen LogP contribution in [0.4, 0.5) is 4.39 Å². The number of benzene rings is 1. The van der Waals surface area contributed by atoms with E-state index < -0.39 is 17.2 Å². The number of carboxylic acids is 1. The molecule has 0 spiro atoms. The highest BCUT2D eigenvalue weighted by Gasteiger charge is 2.26. The Hall–Kier alpha value is -1.29. The summed E-state index contributed by atoms with van der Waals surface area (Å²) >= 11 is 5.83. The monoisotopic (exact) mass is 274 g/mol. The summed E-state index contributed by atoms with van der Waals surface area (Å²) in [5, 5.41) is 9.27. The fourth-order valence-corrected chi connectivity index (χ4v) is 1.56. The number of aliphatic carboxylic acids is 1. The van der Waals surface area contributed by atoms with Crippen LogP contribution in [0.25, 0.3) is 0 Å². The molecule has 1 aromatic carbocycles. The van der Waals surface area contributed by atoms with Gasteiger partial charge in [-0.1, -0.05) is 11.6 Å². The molecule has 0 fully saturated rings. The number of rotatable bonds is 6. The average Bonchev–Trinajstić information content (AvgIpc) is 2.28. The fourth-order valence-electron chi connectivity index (χ4n) is 1.39. The van der Waals surface area contributed by atoms with Gasteiger partial charge in [0.2, 0.25) is 0 Å². The number of carboxylic acid groups (broad SMARTS) is 1. The van der Waals surface area contributed by atoms with E-state index in [-0.39, 0.29) is 5.75 Å². The highest BCUT2D eigenvalue weighted by Crippen LogP contribution is 2.26. The third kappa shape index (κ3) is 4.18. The van der Waals surface area contributed by atoms with Crippen molar-refractivity contribution in [3.05, 3.63) is 29.0 Å². The molecule has 0 amide bonds. The van der Waals surface area contributed by atoms with E-state index >= 15 is 0 Å². The third-order valence-corrected chi connectivity index (χ3v) is 2.99. The van der Waals surface area contributed by atoms with Gasteiger partial charge in [0, 0.05) is 6.07 Å². The van der Waals surface area contributed by atoms with E-state index in [0.29, 0.717) is 24.5 Å². The van der Waals surface area contributed by atoms with Crippen LogP contribution in [0.15, 0.2) is 18.2 Å². The lowest BCUT2D eigenvalue weighted by Gasteiger charge is -2.18. The molecule has 0 unspecified atom stereocenters. The first-order chi connectivity index (χ1) is 8.33. The summed E-state index contributed by atoms with van der Waals surface area (Å²) in [4.78, 5) is 10.9. The van der Waals surface area contributed by atoms with E-state index in [0.717, 1.165) is 0 Å². The van der Waals surface area contributed by atoms with Crippen LogP contribution in [-0.4, -0.2) is 17.7 Å². The first-order valence-electron chi connectivity index (χ1n) is 5.64. The highest BCUT2D eigenvalue weighted by molar-refractivity contribution is 6.32. The standard InChI is InChI=1S/C13H16ClFO3/c1-13(2,12(16)17)6-3-7-18-11-8-9(15)4-5-10(11)14/h4-5,8H,3,6-7H2,1-2H3,(H,16,17). The molecule has 3 nitrogen and oxygen atoms in total. The second-order valence-corrected chi connectivity index (χ2v) is 5.12. The zero-order chi connectivity index (χ0) is 13.8. The average molecular weight is 275 g/mol. The Morgan fingerprint density at radius 1 is 1.50 bits per heavy atom. The summed E-state index contributed by atoms with van der Waals surface area (Å²) < 4.78 is 18.3. The summed E-state index contributed by atoms with van der Waals surface area (Å²) in [6, 6.07) is 3.89. The minimum Gasteiger partial charge on any atom is -0.492 e. The van der Waals surface area contributed by atoms with Gasteiger partial charge < -0.3 is 9.84 Å². The molecule has 0 aliphatic rings. The molecule has 0 atom stereocenters. The van der Waals surface area contributed by atoms with Gasteiger partial charge in [-0.05, 0) is 38.8 Å². The molecule has 1 aromatic rings. The molecule has 0 saturated heterocycles. The molecular weight excluding hydrogens is 259 g/mol. The van der Waals surface area contributed by atoms with Gasteiger partial charge in [0.25, 0.3) is 0 Å². The van der Waals surface area contributed by atoms with Crippen LogP contribution in [-0.2, 0) is 4.79 Å². The van der Waals surface area contributed by atoms with E-state index in [1.165, 1.54) is 18.2 Å². The van der Waals surface area contributed by atoms with Gasteiger partial charge in [-0.25, -0.2) is 4.39 Å². The maximum absolute atomic E-state index is 12.9. The summed E-state index contributed by atoms with van der Waals surface area (Å²) in [5.74, 6) is -0.976. The smallest absolute Gasteiger partial charge is 0.309 e. The fraction of sp³-hybridized carbons (Fsp3) is 0.462. The molecule has 0 aliphatic carbocycles. The predicted molar refractivity (Wildman–Crippen MR) is 67.6 cm³/mol.